The number of alkyl halides is 10. The Morgan fingerprint density at radius 3 is 1.98 bits per heavy atom. The molecule has 0 amide bonds. The summed E-state index contributed by atoms with van der Waals surface area (Å²) in [5.41, 5.74) is -4.75. The topological polar surface area (TPSA) is 173 Å². The number of carbonyl (C=O) groups excluding carboxylic acids is 1. The van der Waals surface area contributed by atoms with Gasteiger partial charge in [0.15, 0.2) is 23.1 Å². The first-order valence-corrected chi connectivity index (χ1v) is 19.1. The van der Waals surface area contributed by atoms with Gasteiger partial charge in [0, 0.05) is 40.4 Å². The van der Waals surface area contributed by atoms with E-state index in [0.717, 1.165) is 44.0 Å². The van der Waals surface area contributed by atoms with Gasteiger partial charge in [-0.25, -0.2) is 67.7 Å². The van der Waals surface area contributed by atoms with Crippen molar-refractivity contribution < 1.29 is 75.4 Å². The summed E-state index contributed by atoms with van der Waals surface area (Å²) in [5.74, 6) is -4.70. The van der Waals surface area contributed by atoms with Crippen LogP contribution in [0.5, 0.6) is 0 Å². The highest BCUT2D eigenvalue weighted by molar-refractivity contribution is 8.02. The standard InChI is InChI=1S/C16H13ClF5N3O4S.C15H9ClF5N3O3S/c1-29-15(26)13-14(24-5-4-23-13)25(7-12(18)19)30(27,28)8-9-6-10(16(20,21)22)2-3-11(9)17;16-9-2-1-7(15(19,20)21)5-8(9)13-12(25)11-14(23-4-3-22-11)24(6-10(17)18)28(13,26)27/h2-6,12H,7-8H2,1H3;1-5,10,25H,6H2. The molecule has 0 bridgehead atoms. The van der Waals surface area contributed by atoms with Crippen molar-refractivity contribution in [2.24, 2.45) is 0 Å². The quantitative estimate of drug-likeness (QED) is 0.123. The number of sulfonamides is 2. The van der Waals surface area contributed by atoms with Gasteiger partial charge in [0.25, 0.3) is 22.9 Å². The van der Waals surface area contributed by atoms with Crippen molar-refractivity contribution >= 4 is 71.5 Å². The zero-order valence-corrected chi connectivity index (χ0v) is 31.6. The van der Waals surface area contributed by atoms with Crippen LogP contribution in [0.25, 0.3) is 10.7 Å². The lowest BCUT2D eigenvalue weighted by molar-refractivity contribution is -0.138. The number of benzene rings is 2. The van der Waals surface area contributed by atoms with Gasteiger partial charge in [-0.05, 0) is 42.0 Å². The Balaban J connectivity index is 0.000000257. The summed E-state index contributed by atoms with van der Waals surface area (Å²) < 4.78 is 186. The molecule has 314 valence electrons. The van der Waals surface area contributed by atoms with E-state index >= 15 is 0 Å². The number of carbonyl (C=O) groups is 1. The summed E-state index contributed by atoms with van der Waals surface area (Å²) in [6.45, 7) is -2.77. The zero-order chi connectivity index (χ0) is 43.5. The van der Waals surface area contributed by atoms with Crippen LogP contribution in [0.4, 0.5) is 55.5 Å². The third-order valence-corrected chi connectivity index (χ3v) is 11.6. The number of halogens is 12. The molecule has 0 radical (unpaired) electrons. The number of aliphatic hydroxyl groups is 1. The van der Waals surface area contributed by atoms with E-state index in [1.165, 1.54) is 0 Å². The third kappa shape index (κ3) is 10.2. The van der Waals surface area contributed by atoms with E-state index in [1.807, 2.05) is 0 Å². The fourth-order valence-corrected chi connectivity index (χ4v) is 8.67. The Bertz CT molecular complexity index is 2440. The second-order valence-electron chi connectivity index (χ2n) is 11.2. The smallest absolute Gasteiger partial charge is 0.416 e. The number of aliphatic hydroxyl groups excluding tert-OH is 1. The Kier molecular flexibility index (Phi) is 13.8. The molecule has 1 N–H and O–H groups in total. The Morgan fingerprint density at radius 2 is 1.41 bits per heavy atom. The summed E-state index contributed by atoms with van der Waals surface area (Å²) >= 11 is 11.7. The monoisotopic (exact) mass is 914 g/mol. The first-order chi connectivity index (χ1) is 26.8. The van der Waals surface area contributed by atoms with Crippen molar-refractivity contribution in [1.29, 1.82) is 0 Å². The van der Waals surface area contributed by atoms with E-state index in [1.54, 1.807) is 0 Å². The number of hydrogen-bond acceptors (Lipinski definition) is 11. The van der Waals surface area contributed by atoms with Crippen LogP contribution in [0.15, 0.2) is 61.2 Å². The van der Waals surface area contributed by atoms with Crippen molar-refractivity contribution in [3.05, 3.63) is 105 Å². The molecule has 0 spiro atoms. The molecule has 27 heteroatoms. The van der Waals surface area contributed by atoms with Crippen LogP contribution < -0.4 is 8.61 Å². The molecule has 0 unspecified atom stereocenters. The minimum absolute atomic E-state index is 0.0908. The highest BCUT2D eigenvalue weighted by Crippen LogP contribution is 2.44. The lowest BCUT2D eigenvalue weighted by atomic mass is 10.1. The molecule has 2 aromatic heterocycles. The van der Waals surface area contributed by atoms with E-state index in [0.29, 0.717) is 24.3 Å². The van der Waals surface area contributed by atoms with E-state index in [4.69, 9.17) is 23.2 Å². The van der Waals surface area contributed by atoms with E-state index < -0.39 is 131 Å². The zero-order valence-electron chi connectivity index (χ0n) is 28.5. The molecule has 3 heterocycles. The Morgan fingerprint density at radius 1 is 0.862 bits per heavy atom. The van der Waals surface area contributed by atoms with Gasteiger partial charge in [-0.15, -0.1) is 0 Å². The fraction of sp³-hybridized carbons (Fsp3) is 0.258. The maximum Gasteiger partial charge on any atom is 0.416 e. The van der Waals surface area contributed by atoms with E-state index in [-0.39, 0.29) is 13.6 Å². The SMILES string of the molecule is COC(=O)c1nccnc1N(CC(F)F)S(=O)(=O)Cc1cc(C(F)(F)F)ccc1Cl.O=S1(=O)C(c2cc(C(F)(F)F)ccc2Cl)=C(O)c2nccnc2N1CC(F)F. The molecular formula is C31H22Cl2F10N6O7S2. The number of fused-ring (bicyclic) bond motifs is 1. The van der Waals surface area contributed by atoms with Crippen LogP contribution in [-0.2, 0) is 42.9 Å². The predicted octanol–water partition coefficient (Wildman–Crippen LogP) is 7.48. The van der Waals surface area contributed by atoms with Crippen molar-refractivity contribution in [3.63, 3.8) is 0 Å². The van der Waals surface area contributed by atoms with Crippen LogP contribution in [0.1, 0.15) is 38.4 Å². The molecular weight excluding hydrogens is 893 g/mol. The Labute approximate surface area is 330 Å². The van der Waals surface area contributed by atoms with Gasteiger partial charge in [-0.2, -0.15) is 26.3 Å². The number of aromatic nitrogens is 4. The van der Waals surface area contributed by atoms with E-state index in [2.05, 4.69) is 24.7 Å². The maximum atomic E-state index is 13.1. The second kappa shape index (κ2) is 17.5. The Hall–Kier alpha value is -5.01. The molecule has 0 fully saturated rings. The highest BCUT2D eigenvalue weighted by atomic mass is 35.5. The lowest BCUT2D eigenvalue weighted by Crippen LogP contribution is -2.39. The van der Waals surface area contributed by atoms with Gasteiger partial charge < -0.3 is 9.84 Å². The summed E-state index contributed by atoms with van der Waals surface area (Å²) in [5, 5.41) is 9.66. The largest absolute Gasteiger partial charge is 0.504 e. The number of nitrogens with zero attached hydrogens (tertiary/aromatic N) is 6. The van der Waals surface area contributed by atoms with Crippen LogP contribution >= 0.6 is 23.2 Å². The highest BCUT2D eigenvalue weighted by Gasteiger charge is 2.43. The van der Waals surface area contributed by atoms with Gasteiger partial charge in [0.2, 0.25) is 10.0 Å². The van der Waals surface area contributed by atoms with Gasteiger partial charge in [-0.1, -0.05) is 23.2 Å². The summed E-state index contributed by atoms with van der Waals surface area (Å²) in [4.78, 5) is 25.4. The molecule has 1 aliphatic heterocycles. The first-order valence-electron chi connectivity index (χ1n) is 15.3. The molecule has 0 saturated heterocycles. The molecule has 2 aromatic carbocycles. The first kappa shape index (κ1) is 45.7. The average molecular weight is 916 g/mol. The number of esters is 1. The minimum Gasteiger partial charge on any atom is -0.504 e. The van der Waals surface area contributed by atoms with Gasteiger partial charge in [0.05, 0.1) is 37.1 Å². The van der Waals surface area contributed by atoms with Gasteiger partial charge >= 0.3 is 18.3 Å². The number of methoxy groups -OCH3 is 1. The lowest BCUT2D eigenvalue weighted by Gasteiger charge is -2.30. The number of hydrogen-bond donors (Lipinski definition) is 1. The average Bonchev–Trinajstić information content (AvgIpc) is 3.12. The third-order valence-electron chi connectivity index (χ3n) is 7.39. The predicted molar refractivity (Wildman–Crippen MR) is 186 cm³/mol. The number of rotatable bonds is 10. The number of ether oxygens (including phenoxy) is 1. The van der Waals surface area contributed by atoms with Crippen LogP contribution in [-0.4, -0.2) is 80.9 Å². The minimum atomic E-state index is -4.93. The van der Waals surface area contributed by atoms with Crippen molar-refractivity contribution in [2.75, 3.05) is 28.8 Å². The molecule has 0 aliphatic carbocycles. The van der Waals surface area contributed by atoms with Crippen molar-refractivity contribution in [1.82, 2.24) is 19.9 Å². The van der Waals surface area contributed by atoms with Crippen LogP contribution in [0, 0.1) is 0 Å². The molecule has 1 aliphatic rings. The van der Waals surface area contributed by atoms with Crippen molar-refractivity contribution in [2.45, 2.75) is 31.0 Å². The van der Waals surface area contributed by atoms with Crippen molar-refractivity contribution in [3.8, 4) is 0 Å². The number of anilines is 2. The fourth-order valence-electron chi connectivity index (χ4n) is 4.93. The summed E-state index contributed by atoms with van der Waals surface area (Å²) in [6.07, 6.45) is -11.9. The maximum absolute atomic E-state index is 13.1. The molecule has 5 rings (SSSR count). The summed E-state index contributed by atoms with van der Waals surface area (Å²) in [7, 11) is -8.76. The molecule has 0 saturated carbocycles. The molecule has 58 heavy (non-hydrogen) atoms. The molecule has 0 atom stereocenters. The second-order valence-corrected chi connectivity index (χ2v) is 15.7. The summed E-state index contributed by atoms with van der Waals surface area (Å²) in [6, 6.07) is 3.80. The van der Waals surface area contributed by atoms with Crippen LogP contribution in [0.3, 0.4) is 0 Å². The molecule has 13 nitrogen and oxygen atoms in total. The van der Waals surface area contributed by atoms with Crippen LogP contribution in [0.2, 0.25) is 10.0 Å². The normalized spacial score (nSPS) is 14.2. The van der Waals surface area contributed by atoms with Gasteiger partial charge in [-0.3, -0.25) is 0 Å². The van der Waals surface area contributed by atoms with E-state index in [9.17, 15) is 70.6 Å². The molecule has 4 aromatic rings. The van der Waals surface area contributed by atoms with Gasteiger partial charge in [0.1, 0.15) is 10.6 Å².